The number of hydrogen-bond acceptors (Lipinski definition) is 2. The Bertz CT molecular complexity index is 213. The maximum Gasteiger partial charge on any atom is 0.0153 e. The second-order valence-electron chi connectivity index (χ2n) is 6.90. The van der Waals surface area contributed by atoms with Crippen LogP contribution in [-0.2, 0) is 0 Å². The molecule has 0 aromatic rings. The van der Waals surface area contributed by atoms with E-state index < -0.39 is 0 Å². The van der Waals surface area contributed by atoms with Gasteiger partial charge in [0.05, 0.1) is 0 Å². The van der Waals surface area contributed by atoms with E-state index in [0.29, 0.717) is 17.0 Å². The minimum absolute atomic E-state index is 0.360. The first-order chi connectivity index (χ1) is 7.27. The molecule has 1 aliphatic rings. The molecule has 16 heavy (non-hydrogen) atoms. The van der Waals surface area contributed by atoms with Gasteiger partial charge in [0.2, 0.25) is 0 Å². The molecular weight excluding hydrogens is 196 g/mol. The van der Waals surface area contributed by atoms with Gasteiger partial charge in [0.1, 0.15) is 0 Å². The molecule has 96 valence electrons. The van der Waals surface area contributed by atoms with Crippen LogP contribution in [-0.4, -0.2) is 36.6 Å². The van der Waals surface area contributed by atoms with Crippen molar-refractivity contribution in [1.82, 2.24) is 10.2 Å². The van der Waals surface area contributed by atoms with Crippen LogP contribution >= 0.6 is 0 Å². The molecule has 0 aliphatic carbocycles. The lowest BCUT2D eigenvalue weighted by Gasteiger charge is -2.36. The molecule has 1 atom stereocenters. The predicted octanol–water partition coefficient (Wildman–Crippen LogP) is 2.89. The van der Waals surface area contributed by atoms with Gasteiger partial charge in [-0.2, -0.15) is 0 Å². The van der Waals surface area contributed by atoms with E-state index in [9.17, 15) is 0 Å². The number of likely N-dealkylation sites (tertiary alicyclic amines) is 1. The summed E-state index contributed by atoms with van der Waals surface area (Å²) in [6, 6.07) is 0.615. The third kappa shape index (κ3) is 3.46. The summed E-state index contributed by atoms with van der Waals surface area (Å²) in [6.45, 7) is 14.2. The van der Waals surface area contributed by atoms with Gasteiger partial charge in [0.25, 0.3) is 0 Å². The van der Waals surface area contributed by atoms with Crippen molar-refractivity contribution in [2.75, 3.05) is 20.1 Å². The number of nitrogens with zero attached hydrogens (tertiary/aromatic N) is 1. The summed E-state index contributed by atoms with van der Waals surface area (Å²) in [5.74, 6) is 0. The fourth-order valence-corrected chi connectivity index (χ4v) is 2.87. The van der Waals surface area contributed by atoms with E-state index in [1.54, 1.807) is 0 Å². The van der Waals surface area contributed by atoms with E-state index in [0.717, 1.165) is 0 Å². The minimum atomic E-state index is 0.360. The Morgan fingerprint density at radius 3 is 2.31 bits per heavy atom. The van der Waals surface area contributed by atoms with Gasteiger partial charge in [-0.1, -0.05) is 20.8 Å². The van der Waals surface area contributed by atoms with E-state index in [2.05, 4.69) is 51.9 Å². The van der Waals surface area contributed by atoms with Crippen LogP contribution in [0.5, 0.6) is 0 Å². The molecule has 1 N–H and O–H groups in total. The van der Waals surface area contributed by atoms with Gasteiger partial charge < -0.3 is 5.32 Å². The molecule has 0 aromatic carbocycles. The van der Waals surface area contributed by atoms with Crippen molar-refractivity contribution < 1.29 is 0 Å². The molecule has 0 aromatic heterocycles. The second kappa shape index (κ2) is 5.05. The molecule has 1 aliphatic heterocycles. The minimum Gasteiger partial charge on any atom is -0.316 e. The van der Waals surface area contributed by atoms with Crippen LogP contribution < -0.4 is 5.32 Å². The van der Waals surface area contributed by atoms with E-state index >= 15 is 0 Å². The van der Waals surface area contributed by atoms with Crippen LogP contribution in [0.15, 0.2) is 0 Å². The van der Waals surface area contributed by atoms with Crippen LogP contribution in [0.3, 0.4) is 0 Å². The second-order valence-corrected chi connectivity index (χ2v) is 6.90. The Balaban J connectivity index is 2.44. The van der Waals surface area contributed by atoms with Gasteiger partial charge in [-0.3, -0.25) is 4.90 Å². The monoisotopic (exact) mass is 226 g/mol. The summed E-state index contributed by atoms with van der Waals surface area (Å²) in [4.78, 5) is 2.66. The first-order valence-electron chi connectivity index (χ1n) is 6.70. The lowest BCUT2D eigenvalue weighted by Crippen LogP contribution is -2.44. The van der Waals surface area contributed by atoms with Gasteiger partial charge in [-0.05, 0) is 52.1 Å². The van der Waals surface area contributed by atoms with Crippen molar-refractivity contribution in [2.24, 2.45) is 5.41 Å². The van der Waals surface area contributed by atoms with Gasteiger partial charge >= 0.3 is 0 Å². The Labute approximate surface area is 102 Å². The van der Waals surface area contributed by atoms with E-state index in [-0.39, 0.29) is 0 Å². The fourth-order valence-electron chi connectivity index (χ4n) is 2.87. The molecule has 1 saturated heterocycles. The summed E-state index contributed by atoms with van der Waals surface area (Å²) in [6.07, 6.45) is 3.98. The molecule has 1 rings (SSSR count). The average Bonchev–Trinajstić information content (AvgIpc) is 2.44. The third-order valence-electron chi connectivity index (χ3n) is 4.15. The SMILES string of the molecule is CNC(CCN1CCCC1(C)C)C(C)(C)C. The van der Waals surface area contributed by atoms with Gasteiger partial charge in [0.15, 0.2) is 0 Å². The molecule has 1 heterocycles. The lowest BCUT2D eigenvalue weighted by atomic mass is 9.84. The quantitative estimate of drug-likeness (QED) is 0.793. The van der Waals surface area contributed by atoms with Gasteiger partial charge in [-0.15, -0.1) is 0 Å². The maximum atomic E-state index is 3.47. The summed E-state index contributed by atoms with van der Waals surface area (Å²) >= 11 is 0. The van der Waals surface area contributed by atoms with Crippen LogP contribution in [0.2, 0.25) is 0 Å². The normalized spacial score (nSPS) is 23.6. The Hall–Kier alpha value is -0.0800. The van der Waals surface area contributed by atoms with Crippen molar-refractivity contribution in [1.29, 1.82) is 0 Å². The highest BCUT2D eigenvalue weighted by Crippen LogP contribution is 2.29. The zero-order valence-electron chi connectivity index (χ0n) is 12.1. The van der Waals surface area contributed by atoms with Crippen LogP contribution in [0.25, 0.3) is 0 Å². The van der Waals surface area contributed by atoms with Gasteiger partial charge in [-0.25, -0.2) is 0 Å². The molecule has 0 amide bonds. The number of hydrogen-bond donors (Lipinski definition) is 1. The Morgan fingerprint density at radius 1 is 1.31 bits per heavy atom. The van der Waals surface area contributed by atoms with Crippen molar-refractivity contribution in [2.45, 2.75) is 65.5 Å². The average molecular weight is 226 g/mol. The third-order valence-corrected chi connectivity index (χ3v) is 4.15. The molecule has 2 nitrogen and oxygen atoms in total. The van der Waals surface area contributed by atoms with Crippen LogP contribution in [0, 0.1) is 5.41 Å². The van der Waals surface area contributed by atoms with Crippen molar-refractivity contribution in [3.05, 3.63) is 0 Å². The van der Waals surface area contributed by atoms with Crippen LogP contribution in [0.4, 0.5) is 0 Å². The summed E-state index contributed by atoms with van der Waals surface area (Å²) in [7, 11) is 2.09. The standard InChI is InChI=1S/C14H30N2/c1-13(2,3)12(15-6)8-11-16-10-7-9-14(16,4)5/h12,15H,7-11H2,1-6H3. The molecule has 0 spiro atoms. The first kappa shape index (κ1) is 14.0. The molecule has 0 radical (unpaired) electrons. The van der Waals surface area contributed by atoms with E-state index in [1.807, 2.05) is 0 Å². The van der Waals surface area contributed by atoms with Gasteiger partial charge in [0, 0.05) is 18.1 Å². The predicted molar refractivity (Wildman–Crippen MR) is 71.8 cm³/mol. The molecule has 1 fully saturated rings. The largest absolute Gasteiger partial charge is 0.316 e. The fraction of sp³-hybridized carbons (Fsp3) is 1.00. The summed E-state index contributed by atoms with van der Waals surface area (Å²) in [5, 5.41) is 3.47. The van der Waals surface area contributed by atoms with E-state index in [1.165, 1.54) is 32.4 Å². The zero-order chi connectivity index (χ0) is 12.4. The molecular formula is C14H30N2. The summed E-state index contributed by atoms with van der Waals surface area (Å²) < 4.78 is 0. The van der Waals surface area contributed by atoms with Crippen molar-refractivity contribution in [3.63, 3.8) is 0 Å². The highest BCUT2D eigenvalue weighted by molar-refractivity contribution is 4.89. The molecule has 1 unspecified atom stereocenters. The summed E-state index contributed by atoms with van der Waals surface area (Å²) in [5.41, 5.74) is 0.787. The number of nitrogens with one attached hydrogen (secondary N) is 1. The van der Waals surface area contributed by atoms with Crippen molar-refractivity contribution >= 4 is 0 Å². The number of rotatable bonds is 4. The molecule has 0 saturated carbocycles. The highest BCUT2D eigenvalue weighted by Gasteiger charge is 2.32. The Kier molecular flexibility index (Phi) is 4.42. The Morgan fingerprint density at radius 2 is 1.94 bits per heavy atom. The first-order valence-corrected chi connectivity index (χ1v) is 6.70. The van der Waals surface area contributed by atoms with Crippen molar-refractivity contribution in [3.8, 4) is 0 Å². The maximum absolute atomic E-state index is 3.47. The highest BCUT2D eigenvalue weighted by atomic mass is 15.2. The molecule has 2 heteroatoms. The smallest absolute Gasteiger partial charge is 0.0153 e. The topological polar surface area (TPSA) is 15.3 Å². The zero-order valence-corrected chi connectivity index (χ0v) is 12.1. The lowest BCUT2D eigenvalue weighted by molar-refractivity contribution is 0.150. The van der Waals surface area contributed by atoms with Crippen LogP contribution in [0.1, 0.15) is 53.9 Å². The molecule has 0 bridgehead atoms. The van der Waals surface area contributed by atoms with E-state index in [4.69, 9.17) is 0 Å².